The summed E-state index contributed by atoms with van der Waals surface area (Å²) in [5.41, 5.74) is 8.01. The predicted molar refractivity (Wildman–Crippen MR) is 106 cm³/mol. The lowest BCUT2D eigenvalue weighted by molar-refractivity contribution is 0.401. The molecule has 2 heterocycles. The third-order valence-electron chi connectivity index (χ3n) is 4.85. The maximum atomic E-state index is 4.44. The molecule has 0 bridgehead atoms. The van der Waals surface area contributed by atoms with Crippen molar-refractivity contribution in [1.82, 2.24) is 14.5 Å². The molecule has 3 heteroatoms. The van der Waals surface area contributed by atoms with E-state index in [0.717, 1.165) is 31.6 Å². The summed E-state index contributed by atoms with van der Waals surface area (Å²) in [6.45, 7) is 8.47. The van der Waals surface area contributed by atoms with Crippen LogP contribution in [0.4, 0.5) is 0 Å². The predicted octanol–water partition coefficient (Wildman–Crippen LogP) is 4.52. The molecule has 0 saturated carbocycles. The summed E-state index contributed by atoms with van der Waals surface area (Å²) in [5, 5.41) is 1.41. The van der Waals surface area contributed by atoms with Gasteiger partial charge in [-0.2, -0.15) is 0 Å². The number of hydrogen-bond acceptors (Lipinski definition) is 2. The van der Waals surface area contributed by atoms with Crippen molar-refractivity contribution >= 4 is 10.9 Å². The molecule has 3 nitrogen and oxygen atoms in total. The molecular formula is C22H29N3. The van der Waals surface area contributed by atoms with Gasteiger partial charge < -0.3 is 9.47 Å². The van der Waals surface area contributed by atoms with Crippen LogP contribution < -0.4 is 0 Å². The van der Waals surface area contributed by atoms with E-state index < -0.39 is 0 Å². The molecule has 0 unspecified atom stereocenters. The van der Waals surface area contributed by atoms with Crippen molar-refractivity contribution in [2.75, 3.05) is 14.1 Å². The molecule has 0 atom stereocenters. The van der Waals surface area contributed by atoms with Gasteiger partial charge in [0.15, 0.2) is 0 Å². The minimum absolute atomic E-state index is 0.988. The van der Waals surface area contributed by atoms with Gasteiger partial charge in [0, 0.05) is 41.6 Å². The number of aromatic nitrogens is 2. The zero-order chi connectivity index (χ0) is 18.0. The fourth-order valence-corrected chi connectivity index (χ4v) is 3.63. The Labute approximate surface area is 151 Å². The van der Waals surface area contributed by atoms with E-state index in [0.29, 0.717) is 0 Å². The van der Waals surface area contributed by atoms with Crippen LogP contribution in [0.5, 0.6) is 0 Å². The molecule has 0 saturated heterocycles. The van der Waals surface area contributed by atoms with E-state index in [1.807, 2.05) is 13.1 Å². The first-order valence-corrected chi connectivity index (χ1v) is 9.16. The Morgan fingerprint density at radius 3 is 2.52 bits per heavy atom. The van der Waals surface area contributed by atoms with Gasteiger partial charge in [0.05, 0.1) is 0 Å². The van der Waals surface area contributed by atoms with Crippen molar-refractivity contribution in [3.05, 3.63) is 64.6 Å². The van der Waals surface area contributed by atoms with Gasteiger partial charge in [-0.3, -0.25) is 4.98 Å². The Morgan fingerprint density at radius 2 is 1.88 bits per heavy atom. The number of rotatable bonds is 6. The molecule has 0 aliphatic rings. The molecular weight excluding hydrogens is 306 g/mol. The summed E-state index contributed by atoms with van der Waals surface area (Å²) in [6.07, 6.45) is 4.08. The summed E-state index contributed by atoms with van der Waals surface area (Å²) in [6, 6.07) is 11.2. The zero-order valence-electron chi connectivity index (χ0n) is 16.1. The number of nitrogens with zero attached hydrogens (tertiary/aromatic N) is 3. The van der Waals surface area contributed by atoms with Crippen molar-refractivity contribution in [3.8, 4) is 0 Å². The van der Waals surface area contributed by atoms with E-state index in [1.165, 1.54) is 33.3 Å². The summed E-state index contributed by atoms with van der Waals surface area (Å²) in [7, 11) is 4.30. The van der Waals surface area contributed by atoms with Crippen molar-refractivity contribution < 1.29 is 0 Å². The first-order chi connectivity index (χ1) is 12.0. The van der Waals surface area contributed by atoms with E-state index in [-0.39, 0.29) is 0 Å². The molecule has 132 valence electrons. The van der Waals surface area contributed by atoms with E-state index >= 15 is 0 Å². The highest BCUT2D eigenvalue weighted by atomic mass is 15.1. The molecule has 0 aliphatic carbocycles. The Balaban J connectivity index is 2.02. The van der Waals surface area contributed by atoms with E-state index in [2.05, 4.69) is 72.7 Å². The van der Waals surface area contributed by atoms with E-state index in [4.69, 9.17) is 0 Å². The molecule has 0 aliphatic heterocycles. The lowest BCUT2D eigenvalue weighted by atomic mass is 10.1. The van der Waals surface area contributed by atoms with E-state index in [9.17, 15) is 0 Å². The summed E-state index contributed by atoms with van der Waals surface area (Å²) in [5.74, 6) is 0. The van der Waals surface area contributed by atoms with Crippen LogP contribution in [0.1, 0.15) is 35.0 Å². The van der Waals surface area contributed by atoms with Crippen LogP contribution in [0.2, 0.25) is 0 Å². The second-order valence-corrected chi connectivity index (χ2v) is 7.25. The molecule has 3 aromatic rings. The first kappa shape index (κ1) is 17.7. The quantitative estimate of drug-likeness (QED) is 0.660. The summed E-state index contributed by atoms with van der Waals surface area (Å²) < 4.78 is 2.52. The minimum atomic E-state index is 0.988. The Morgan fingerprint density at radius 1 is 1.08 bits per heavy atom. The zero-order valence-corrected chi connectivity index (χ0v) is 16.1. The topological polar surface area (TPSA) is 21.1 Å². The molecule has 25 heavy (non-hydrogen) atoms. The maximum Gasteiger partial charge on any atom is 0.0486 e. The number of hydrogen-bond donors (Lipinski definition) is 0. The summed E-state index contributed by atoms with van der Waals surface area (Å²) in [4.78, 5) is 6.70. The van der Waals surface area contributed by atoms with Gasteiger partial charge >= 0.3 is 0 Å². The molecule has 3 rings (SSSR count). The SMILES string of the molecule is CCc1c(CN(C)C)c2cc(C)ccc2n1CCc1ccc(C)nc1. The molecule has 0 fully saturated rings. The highest BCUT2D eigenvalue weighted by Crippen LogP contribution is 2.29. The van der Waals surface area contributed by atoms with Crippen molar-refractivity contribution in [3.63, 3.8) is 0 Å². The minimum Gasteiger partial charge on any atom is -0.344 e. The van der Waals surface area contributed by atoms with Crippen LogP contribution in [0.25, 0.3) is 10.9 Å². The average molecular weight is 335 g/mol. The Kier molecular flexibility index (Phi) is 5.24. The van der Waals surface area contributed by atoms with Crippen LogP contribution in [0.15, 0.2) is 36.5 Å². The van der Waals surface area contributed by atoms with Crippen LogP contribution >= 0.6 is 0 Å². The molecule has 0 N–H and O–H groups in total. The highest BCUT2D eigenvalue weighted by Gasteiger charge is 2.16. The lowest BCUT2D eigenvalue weighted by Gasteiger charge is -2.13. The van der Waals surface area contributed by atoms with Crippen LogP contribution in [0, 0.1) is 13.8 Å². The largest absolute Gasteiger partial charge is 0.344 e. The van der Waals surface area contributed by atoms with Crippen LogP contribution in [0.3, 0.4) is 0 Å². The number of fused-ring (bicyclic) bond motifs is 1. The van der Waals surface area contributed by atoms with Crippen LogP contribution in [-0.4, -0.2) is 28.5 Å². The van der Waals surface area contributed by atoms with E-state index in [1.54, 1.807) is 0 Å². The number of pyridine rings is 1. The van der Waals surface area contributed by atoms with Gasteiger partial charge in [-0.1, -0.05) is 24.6 Å². The van der Waals surface area contributed by atoms with Crippen LogP contribution in [-0.2, 0) is 25.9 Å². The fraction of sp³-hybridized carbons (Fsp3) is 0.409. The fourth-order valence-electron chi connectivity index (χ4n) is 3.63. The third-order valence-corrected chi connectivity index (χ3v) is 4.85. The molecule has 0 radical (unpaired) electrons. The monoisotopic (exact) mass is 335 g/mol. The molecule has 2 aromatic heterocycles. The number of benzene rings is 1. The Bertz CT molecular complexity index is 857. The van der Waals surface area contributed by atoms with Crippen molar-refractivity contribution in [2.24, 2.45) is 0 Å². The standard InChI is InChI=1S/C22H29N3/c1-6-21-20(15-24(4)5)19-13-16(2)7-10-22(19)25(21)12-11-18-9-8-17(3)23-14-18/h7-10,13-14H,6,11-12,15H2,1-5H3. The van der Waals surface area contributed by atoms with Gasteiger partial charge in [-0.15, -0.1) is 0 Å². The van der Waals surface area contributed by atoms with Crippen molar-refractivity contribution in [1.29, 1.82) is 0 Å². The van der Waals surface area contributed by atoms with Gasteiger partial charge in [-0.05, 0) is 70.1 Å². The first-order valence-electron chi connectivity index (χ1n) is 9.16. The van der Waals surface area contributed by atoms with Gasteiger partial charge in [0.2, 0.25) is 0 Å². The molecule has 0 amide bonds. The highest BCUT2D eigenvalue weighted by molar-refractivity contribution is 5.86. The Hall–Kier alpha value is -2.13. The molecule has 0 spiro atoms. The van der Waals surface area contributed by atoms with Gasteiger partial charge in [0.1, 0.15) is 0 Å². The van der Waals surface area contributed by atoms with Gasteiger partial charge in [0.25, 0.3) is 0 Å². The molecule has 1 aromatic carbocycles. The third kappa shape index (κ3) is 3.77. The number of aryl methyl sites for hydroxylation is 4. The lowest BCUT2D eigenvalue weighted by Crippen LogP contribution is -2.13. The average Bonchev–Trinajstić information content (AvgIpc) is 2.86. The van der Waals surface area contributed by atoms with Crippen molar-refractivity contribution in [2.45, 2.75) is 46.7 Å². The second kappa shape index (κ2) is 7.40. The second-order valence-electron chi connectivity index (χ2n) is 7.25. The normalized spacial score (nSPS) is 11.6. The summed E-state index contributed by atoms with van der Waals surface area (Å²) >= 11 is 0. The smallest absolute Gasteiger partial charge is 0.0486 e. The maximum absolute atomic E-state index is 4.44. The van der Waals surface area contributed by atoms with Gasteiger partial charge in [-0.25, -0.2) is 0 Å².